The van der Waals surface area contributed by atoms with Crippen LogP contribution in [0.15, 0.2) is 12.1 Å². The molecule has 0 heterocycles. The Kier molecular flexibility index (Phi) is 5.97. The van der Waals surface area contributed by atoms with Gasteiger partial charge in [0, 0.05) is 17.6 Å². The van der Waals surface area contributed by atoms with Crippen LogP contribution in [0, 0.1) is 6.92 Å². The third kappa shape index (κ3) is 4.44. The van der Waals surface area contributed by atoms with Crippen LogP contribution in [-0.4, -0.2) is 49.4 Å². The van der Waals surface area contributed by atoms with Gasteiger partial charge < -0.3 is 15.5 Å². The first-order chi connectivity index (χ1) is 12.4. The molecular formula is C21H31N3O2. The molecule has 1 fully saturated rings. The Morgan fingerprint density at radius 1 is 1.04 bits per heavy atom. The van der Waals surface area contributed by atoms with E-state index in [9.17, 15) is 9.59 Å². The highest BCUT2D eigenvalue weighted by atomic mass is 16.2. The summed E-state index contributed by atoms with van der Waals surface area (Å²) >= 11 is 0. The summed E-state index contributed by atoms with van der Waals surface area (Å²) in [6.45, 7) is 2.54. The van der Waals surface area contributed by atoms with E-state index in [0.29, 0.717) is 6.54 Å². The minimum atomic E-state index is 0.0495. The van der Waals surface area contributed by atoms with E-state index < -0.39 is 0 Å². The average molecular weight is 357 g/mol. The van der Waals surface area contributed by atoms with Crippen molar-refractivity contribution in [1.82, 2.24) is 15.5 Å². The van der Waals surface area contributed by atoms with E-state index in [4.69, 9.17) is 0 Å². The third-order valence-electron chi connectivity index (χ3n) is 5.60. The predicted octanol–water partition coefficient (Wildman–Crippen LogP) is 2.20. The summed E-state index contributed by atoms with van der Waals surface area (Å²) in [6.07, 6.45) is 7.07. The number of aryl methyl sites for hydroxylation is 1. The number of benzene rings is 1. The fourth-order valence-electron chi connectivity index (χ4n) is 4.37. The molecule has 1 aromatic carbocycles. The Hall–Kier alpha value is -1.88. The third-order valence-corrected chi connectivity index (χ3v) is 5.60. The van der Waals surface area contributed by atoms with Crippen LogP contribution < -0.4 is 10.6 Å². The molecule has 5 nitrogen and oxygen atoms in total. The number of fused-ring (bicyclic) bond motifs is 1. The second kappa shape index (κ2) is 8.21. The minimum Gasteiger partial charge on any atom is -0.352 e. The van der Waals surface area contributed by atoms with Crippen molar-refractivity contribution in [2.75, 3.05) is 20.6 Å². The molecule has 3 rings (SSSR count). The van der Waals surface area contributed by atoms with Gasteiger partial charge in [0.15, 0.2) is 0 Å². The van der Waals surface area contributed by atoms with Crippen LogP contribution in [0.4, 0.5) is 0 Å². The van der Waals surface area contributed by atoms with Gasteiger partial charge in [0.25, 0.3) is 5.91 Å². The van der Waals surface area contributed by atoms with Crippen LogP contribution in [-0.2, 0) is 17.6 Å². The van der Waals surface area contributed by atoms with Crippen molar-refractivity contribution in [3.63, 3.8) is 0 Å². The Balaban J connectivity index is 1.60. The number of amides is 2. The highest BCUT2D eigenvalue weighted by molar-refractivity contribution is 5.96. The molecule has 0 unspecified atom stereocenters. The lowest BCUT2D eigenvalue weighted by Crippen LogP contribution is -2.47. The molecule has 0 aromatic heterocycles. The highest BCUT2D eigenvalue weighted by Gasteiger charge is 2.27. The molecule has 5 heteroatoms. The van der Waals surface area contributed by atoms with E-state index in [2.05, 4.69) is 23.6 Å². The summed E-state index contributed by atoms with van der Waals surface area (Å²) in [5.74, 6) is 0.108. The molecule has 2 aliphatic carbocycles. The number of nitrogens with zero attached hydrogens (tertiary/aromatic N) is 1. The van der Waals surface area contributed by atoms with Gasteiger partial charge in [-0.25, -0.2) is 0 Å². The van der Waals surface area contributed by atoms with E-state index in [1.54, 1.807) is 0 Å². The largest absolute Gasteiger partial charge is 0.352 e. The number of hydrogen-bond acceptors (Lipinski definition) is 3. The summed E-state index contributed by atoms with van der Waals surface area (Å²) in [5.41, 5.74) is 4.77. The fourth-order valence-corrected chi connectivity index (χ4v) is 4.37. The highest BCUT2D eigenvalue weighted by Crippen LogP contribution is 2.28. The van der Waals surface area contributed by atoms with Crippen LogP contribution in [0.5, 0.6) is 0 Å². The molecule has 0 radical (unpaired) electrons. The predicted molar refractivity (Wildman–Crippen MR) is 103 cm³/mol. The number of hydrogen-bond donors (Lipinski definition) is 2. The van der Waals surface area contributed by atoms with Crippen molar-refractivity contribution in [2.45, 2.75) is 64.0 Å². The lowest BCUT2D eigenvalue weighted by molar-refractivity contribution is -0.122. The Labute approximate surface area is 156 Å². The van der Waals surface area contributed by atoms with E-state index in [0.717, 1.165) is 50.5 Å². The molecule has 2 atom stereocenters. The zero-order chi connectivity index (χ0) is 18.7. The van der Waals surface area contributed by atoms with Gasteiger partial charge in [0.2, 0.25) is 5.91 Å². The van der Waals surface area contributed by atoms with Crippen molar-refractivity contribution >= 4 is 11.8 Å². The van der Waals surface area contributed by atoms with Gasteiger partial charge in [-0.2, -0.15) is 0 Å². The number of rotatable bonds is 5. The summed E-state index contributed by atoms with van der Waals surface area (Å²) in [5, 5.41) is 6.34. The van der Waals surface area contributed by atoms with E-state index in [1.807, 2.05) is 25.1 Å². The van der Waals surface area contributed by atoms with Crippen molar-refractivity contribution < 1.29 is 9.59 Å². The quantitative estimate of drug-likeness (QED) is 0.849. The molecular weight excluding hydrogens is 326 g/mol. The minimum absolute atomic E-state index is 0.0495. The zero-order valence-corrected chi connectivity index (χ0v) is 16.2. The second-order valence-corrected chi connectivity index (χ2v) is 8.08. The SMILES string of the molecule is Cc1ccc(C(=O)N[C@H]2CCC[C@@H](NC(=O)CN(C)C)C2)c2c1CCC2. The van der Waals surface area contributed by atoms with Crippen LogP contribution in [0.1, 0.15) is 59.2 Å². The van der Waals surface area contributed by atoms with Gasteiger partial charge in [0.1, 0.15) is 0 Å². The van der Waals surface area contributed by atoms with Gasteiger partial charge in [-0.1, -0.05) is 6.07 Å². The van der Waals surface area contributed by atoms with Gasteiger partial charge in [-0.15, -0.1) is 0 Å². The topological polar surface area (TPSA) is 61.4 Å². The number of carbonyl (C=O) groups is 2. The summed E-state index contributed by atoms with van der Waals surface area (Å²) in [4.78, 5) is 26.7. The summed E-state index contributed by atoms with van der Waals surface area (Å²) in [7, 11) is 3.78. The molecule has 2 amide bonds. The smallest absolute Gasteiger partial charge is 0.251 e. The Morgan fingerprint density at radius 2 is 1.73 bits per heavy atom. The average Bonchev–Trinajstić information content (AvgIpc) is 3.05. The summed E-state index contributed by atoms with van der Waals surface area (Å²) in [6, 6.07) is 4.35. The van der Waals surface area contributed by atoms with Crippen LogP contribution in [0.3, 0.4) is 0 Å². The van der Waals surface area contributed by atoms with Crippen molar-refractivity contribution in [2.24, 2.45) is 0 Å². The first-order valence-electron chi connectivity index (χ1n) is 9.80. The maximum absolute atomic E-state index is 12.9. The molecule has 2 N–H and O–H groups in total. The van der Waals surface area contributed by atoms with Gasteiger partial charge in [0.05, 0.1) is 6.54 Å². The van der Waals surface area contributed by atoms with Crippen molar-refractivity contribution in [3.8, 4) is 0 Å². The number of carbonyl (C=O) groups excluding carboxylic acids is 2. The van der Waals surface area contributed by atoms with Crippen LogP contribution in [0.25, 0.3) is 0 Å². The maximum Gasteiger partial charge on any atom is 0.251 e. The first-order valence-corrected chi connectivity index (χ1v) is 9.80. The van der Waals surface area contributed by atoms with Crippen LogP contribution in [0.2, 0.25) is 0 Å². The standard InChI is InChI=1S/C21H31N3O2/c1-14-10-11-19(18-9-5-8-17(14)18)21(26)23-16-7-4-6-15(12-16)22-20(25)13-24(2)3/h10-11,15-16H,4-9,12-13H2,1-3H3,(H,22,25)(H,23,26)/t15-,16+/m1/s1. The van der Waals surface area contributed by atoms with Crippen molar-refractivity contribution in [3.05, 3.63) is 34.4 Å². The first kappa shape index (κ1) is 18.9. The second-order valence-electron chi connectivity index (χ2n) is 8.08. The molecule has 142 valence electrons. The van der Waals surface area contributed by atoms with E-state index >= 15 is 0 Å². The van der Waals surface area contributed by atoms with E-state index in [1.165, 1.54) is 16.7 Å². The molecule has 0 bridgehead atoms. The van der Waals surface area contributed by atoms with Gasteiger partial charge in [-0.05, 0) is 88.7 Å². The monoisotopic (exact) mass is 357 g/mol. The van der Waals surface area contributed by atoms with Crippen LogP contribution >= 0.6 is 0 Å². The molecule has 1 aromatic rings. The van der Waals surface area contributed by atoms with Crippen molar-refractivity contribution in [1.29, 1.82) is 0 Å². The molecule has 0 spiro atoms. The van der Waals surface area contributed by atoms with Gasteiger partial charge in [-0.3, -0.25) is 9.59 Å². The zero-order valence-electron chi connectivity index (χ0n) is 16.2. The maximum atomic E-state index is 12.9. The normalized spacial score (nSPS) is 22.2. The lowest BCUT2D eigenvalue weighted by atomic mass is 9.90. The molecule has 0 saturated heterocycles. The molecule has 2 aliphatic rings. The molecule has 26 heavy (non-hydrogen) atoms. The fraction of sp³-hybridized carbons (Fsp3) is 0.619. The van der Waals surface area contributed by atoms with Gasteiger partial charge >= 0.3 is 0 Å². The number of nitrogens with one attached hydrogen (secondary N) is 2. The van der Waals surface area contributed by atoms with E-state index in [-0.39, 0.29) is 23.9 Å². The summed E-state index contributed by atoms with van der Waals surface area (Å²) < 4.78 is 0. The number of likely N-dealkylation sites (N-methyl/N-ethyl adjacent to an activating group) is 1. The Morgan fingerprint density at radius 3 is 2.46 bits per heavy atom. The molecule has 1 saturated carbocycles. The molecule has 0 aliphatic heterocycles. The lowest BCUT2D eigenvalue weighted by Gasteiger charge is -2.31. The Bertz CT molecular complexity index is 684.